The van der Waals surface area contributed by atoms with Crippen molar-refractivity contribution in [2.24, 2.45) is 17.8 Å². The highest BCUT2D eigenvalue weighted by Crippen LogP contribution is 2.40. The van der Waals surface area contributed by atoms with Crippen molar-refractivity contribution in [3.8, 4) is 5.75 Å². The lowest BCUT2D eigenvalue weighted by molar-refractivity contribution is -0.114. The minimum Gasteiger partial charge on any atom is -0.511 e. The lowest BCUT2D eigenvalue weighted by atomic mass is 9.84. The number of hydrogen-bond acceptors (Lipinski definition) is 3. The van der Waals surface area contributed by atoms with Gasteiger partial charge in [0.25, 0.3) is 0 Å². The maximum Gasteiger partial charge on any atom is 0.167 e. The summed E-state index contributed by atoms with van der Waals surface area (Å²) in [6.07, 6.45) is 0.409. The van der Waals surface area contributed by atoms with Crippen LogP contribution in [0.25, 0.3) is 5.57 Å². The third-order valence-electron chi connectivity index (χ3n) is 4.36. The largest absolute Gasteiger partial charge is 0.511 e. The van der Waals surface area contributed by atoms with Crippen molar-refractivity contribution in [2.75, 3.05) is 7.11 Å². The van der Waals surface area contributed by atoms with Crippen LogP contribution in [0.1, 0.15) is 32.8 Å². The number of carbonyl (C=O) groups excluding carboxylic acids is 1. The van der Waals surface area contributed by atoms with Crippen LogP contribution in [-0.2, 0) is 4.79 Å². The Kier molecular flexibility index (Phi) is 4.17. The van der Waals surface area contributed by atoms with Gasteiger partial charge in [0.2, 0.25) is 0 Å². The summed E-state index contributed by atoms with van der Waals surface area (Å²) >= 11 is 0. The van der Waals surface area contributed by atoms with Crippen molar-refractivity contribution < 1.29 is 14.6 Å². The second-order valence-electron chi connectivity index (χ2n) is 5.83. The molecule has 0 saturated carbocycles. The van der Waals surface area contributed by atoms with Gasteiger partial charge in [-0.05, 0) is 29.5 Å². The number of ether oxygens (including phenoxy) is 1. The van der Waals surface area contributed by atoms with Crippen LogP contribution in [0.4, 0.5) is 0 Å². The number of rotatable bonds is 4. The van der Waals surface area contributed by atoms with Gasteiger partial charge >= 0.3 is 0 Å². The van der Waals surface area contributed by atoms with Gasteiger partial charge in [-0.2, -0.15) is 0 Å². The quantitative estimate of drug-likeness (QED) is 0.907. The van der Waals surface area contributed by atoms with E-state index in [0.29, 0.717) is 17.9 Å². The van der Waals surface area contributed by atoms with E-state index in [1.807, 2.05) is 24.3 Å². The van der Waals surface area contributed by atoms with E-state index in [1.54, 1.807) is 7.11 Å². The summed E-state index contributed by atoms with van der Waals surface area (Å²) in [6, 6.07) is 7.26. The first-order valence-corrected chi connectivity index (χ1v) is 7.06. The Balaban J connectivity index is 2.35. The summed E-state index contributed by atoms with van der Waals surface area (Å²) in [5, 5.41) is 10.4. The fourth-order valence-electron chi connectivity index (χ4n) is 2.69. The van der Waals surface area contributed by atoms with E-state index in [-0.39, 0.29) is 23.4 Å². The summed E-state index contributed by atoms with van der Waals surface area (Å²) in [7, 11) is 1.60. The minimum atomic E-state index is -0.0559. The van der Waals surface area contributed by atoms with Crippen molar-refractivity contribution in [3.63, 3.8) is 0 Å². The lowest BCUT2D eigenvalue weighted by Crippen LogP contribution is -2.17. The smallest absolute Gasteiger partial charge is 0.167 e. The summed E-state index contributed by atoms with van der Waals surface area (Å²) in [6.45, 7) is 6.33. The monoisotopic (exact) mass is 274 g/mol. The first kappa shape index (κ1) is 14.6. The van der Waals surface area contributed by atoms with Gasteiger partial charge in [-0.1, -0.05) is 32.9 Å². The third-order valence-corrected chi connectivity index (χ3v) is 4.36. The molecular formula is C17H22O3. The highest BCUT2D eigenvalue weighted by molar-refractivity contribution is 6.23. The number of benzene rings is 1. The molecule has 1 N–H and O–H groups in total. The van der Waals surface area contributed by atoms with Crippen LogP contribution >= 0.6 is 0 Å². The fraction of sp³-hybridized carbons (Fsp3) is 0.471. The molecule has 1 aliphatic rings. The lowest BCUT2D eigenvalue weighted by Gasteiger charge is -2.22. The molecular weight excluding hydrogens is 252 g/mol. The summed E-state index contributed by atoms with van der Waals surface area (Å²) in [5.41, 5.74) is 1.25. The van der Waals surface area contributed by atoms with Crippen molar-refractivity contribution in [1.82, 2.24) is 0 Å². The van der Waals surface area contributed by atoms with Crippen LogP contribution in [0.15, 0.2) is 30.0 Å². The zero-order valence-corrected chi connectivity index (χ0v) is 12.5. The molecule has 3 nitrogen and oxygen atoms in total. The highest BCUT2D eigenvalue weighted by atomic mass is 16.5. The maximum absolute atomic E-state index is 12.2. The molecule has 0 spiro atoms. The summed E-state index contributed by atoms with van der Waals surface area (Å²) in [5.74, 6) is 1.69. The van der Waals surface area contributed by atoms with Crippen LogP contribution < -0.4 is 4.74 Å². The Bertz CT molecular complexity index is 526. The predicted molar refractivity (Wildman–Crippen MR) is 79.7 cm³/mol. The normalized spacial score (nSPS) is 20.6. The highest BCUT2D eigenvalue weighted by Gasteiger charge is 2.37. The van der Waals surface area contributed by atoms with Gasteiger partial charge in [-0.25, -0.2) is 0 Å². The molecule has 2 atom stereocenters. The van der Waals surface area contributed by atoms with Crippen LogP contribution in [0.5, 0.6) is 5.75 Å². The molecule has 0 aliphatic heterocycles. The van der Waals surface area contributed by atoms with E-state index in [2.05, 4.69) is 20.8 Å². The van der Waals surface area contributed by atoms with E-state index >= 15 is 0 Å². The van der Waals surface area contributed by atoms with E-state index in [9.17, 15) is 9.90 Å². The van der Waals surface area contributed by atoms with Gasteiger partial charge in [0.15, 0.2) is 5.78 Å². The summed E-state index contributed by atoms with van der Waals surface area (Å²) in [4.78, 5) is 12.2. The molecule has 0 radical (unpaired) electrons. The number of methoxy groups -OCH3 is 1. The van der Waals surface area contributed by atoms with E-state index in [0.717, 1.165) is 11.3 Å². The van der Waals surface area contributed by atoms with Gasteiger partial charge in [0, 0.05) is 12.3 Å². The Morgan fingerprint density at radius 1 is 1.20 bits per heavy atom. The summed E-state index contributed by atoms with van der Waals surface area (Å²) < 4.78 is 5.11. The number of hydrogen-bond donors (Lipinski definition) is 1. The third kappa shape index (κ3) is 2.58. The molecule has 1 aromatic rings. The molecule has 0 heterocycles. The topological polar surface area (TPSA) is 46.5 Å². The van der Waals surface area contributed by atoms with Crippen LogP contribution in [0.3, 0.4) is 0 Å². The average molecular weight is 274 g/mol. The number of Topliss-reactive ketones (excluding diaryl/α,β-unsaturated/α-hetero) is 1. The Labute approximate surface area is 120 Å². The van der Waals surface area contributed by atoms with E-state index < -0.39 is 0 Å². The number of aliphatic hydroxyl groups is 1. The first-order valence-electron chi connectivity index (χ1n) is 7.06. The molecule has 3 heteroatoms. The minimum absolute atomic E-state index is 0.0326. The Morgan fingerprint density at radius 2 is 1.80 bits per heavy atom. The van der Waals surface area contributed by atoms with Gasteiger partial charge in [0.1, 0.15) is 11.5 Å². The van der Waals surface area contributed by atoms with Crippen LogP contribution in [0.2, 0.25) is 0 Å². The fourth-order valence-corrected chi connectivity index (χ4v) is 2.69. The molecule has 0 amide bonds. The molecule has 0 aromatic heterocycles. The molecule has 2 rings (SSSR count). The second kappa shape index (κ2) is 5.70. The number of aliphatic hydroxyl groups excluding tert-OH is 1. The van der Waals surface area contributed by atoms with Gasteiger partial charge < -0.3 is 9.84 Å². The molecule has 2 unspecified atom stereocenters. The standard InChI is InChI=1S/C17H22O3/c1-10(2)11(3)14-9-15(18)16(17(14)19)12-5-7-13(20-4)8-6-12/h5-8,10-11,14,19H,9H2,1-4H3. The molecule has 1 aliphatic carbocycles. The molecule has 108 valence electrons. The van der Waals surface area contributed by atoms with Crippen molar-refractivity contribution in [1.29, 1.82) is 0 Å². The van der Waals surface area contributed by atoms with Crippen LogP contribution in [0, 0.1) is 17.8 Å². The van der Waals surface area contributed by atoms with Gasteiger partial charge in [-0.15, -0.1) is 0 Å². The van der Waals surface area contributed by atoms with E-state index in [4.69, 9.17) is 4.74 Å². The molecule has 1 aromatic carbocycles. The molecule has 0 saturated heterocycles. The Morgan fingerprint density at radius 3 is 2.30 bits per heavy atom. The molecule has 0 fully saturated rings. The van der Waals surface area contributed by atoms with Crippen LogP contribution in [-0.4, -0.2) is 18.0 Å². The van der Waals surface area contributed by atoms with Crippen molar-refractivity contribution >= 4 is 11.4 Å². The second-order valence-corrected chi connectivity index (χ2v) is 5.83. The zero-order valence-electron chi connectivity index (χ0n) is 12.5. The number of allylic oxidation sites excluding steroid dienone is 2. The number of ketones is 1. The van der Waals surface area contributed by atoms with Crippen molar-refractivity contribution in [3.05, 3.63) is 35.6 Å². The molecule has 0 bridgehead atoms. The number of carbonyl (C=O) groups is 1. The first-order chi connectivity index (χ1) is 9.45. The SMILES string of the molecule is COc1ccc(C2=C(O)C(C(C)C(C)C)CC2=O)cc1. The Hall–Kier alpha value is -1.77. The maximum atomic E-state index is 12.2. The van der Waals surface area contributed by atoms with Gasteiger partial charge in [0.05, 0.1) is 12.7 Å². The predicted octanol–water partition coefficient (Wildman–Crippen LogP) is 3.85. The van der Waals surface area contributed by atoms with Gasteiger partial charge in [-0.3, -0.25) is 4.79 Å². The average Bonchev–Trinajstić information content (AvgIpc) is 2.73. The van der Waals surface area contributed by atoms with Crippen molar-refractivity contribution in [2.45, 2.75) is 27.2 Å². The molecule has 20 heavy (non-hydrogen) atoms. The zero-order chi connectivity index (χ0) is 14.9. The van der Waals surface area contributed by atoms with E-state index in [1.165, 1.54) is 0 Å².